The van der Waals surface area contributed by atoms with Crippen molar-refractivity contribution in [3.8, 4) is 0 Å². The lowest BCUT2D eigenvalue weighted by Crippen LogP contribution is -1.88. The molecule has 1 aromatic rings. The maximum Gasteiger partial charge on any atom is 0.233 e. The van der Waals surface area contributed by atoms with Crippen LogP contribution in [0.2, 0.25) is 0 Å². The number of rotatable bonds is 4. The highest BCUT2D eigenvalue weighted by Gasteiger charge is 2.02. The normalized spacial score (nSPS) is 9.14. The Morgan fingerprint density at radius 2 is 1.43 bits per heavy atom. The zero-order valence-corrected chi connectivity index (χ0v) is 7.54. The number of hydrogen-bond acceptors (Lipinski definition) is 2. The standard InChI is InChI=1S/C12H8O2/c1-9(7-13)11-4-3-5-12(6-11)10(2)8-14/h3-6H,1-2H2. The fourth-order valence-electron chi connectivity index (χ4n) is 1.01. The van der Waals surface area contributed by atoms with E-state index in [0.29, 0.717) is 11.1 Å². The summed E-state index contributed by atoms with van der Waals surface area (Å²) in [5, 5.41) is 0. The maximum atomic E-state index is 10.3. The van der Waals surface area contributed by atoms with E-state index in [0.717, 1.165) is 0 Å². The highest BCUT2D eigenvalue weighted by molar-refractivity contribution is 6.09. The van der Waals surface area contributed by atoms with Gasteiger partial charge in [0.05, 0.1) is 0 Å². The average molecular weight is 184 g/mol. The SMILES string of the molecule is C=C([C]=O)c1cccc(C(=C)[C]=O)c1. The Morgan fingerprint density at radius 3 is 1.79 bits per heavy atom. The average Bonchev–Trinajstić information content (AvgIpc) is 2.27. The molecule has 0 aliphatic rings. The fraction of sp³-hybridized carbons (Fsp3) is 0. The molecule has 0 aromatic heterocycles. The summed E-state index contributed by atoms with van der Waals surface area (Å²) >= 11 is 0. The number of benzene rings is 1. The Balaban J connectivity index is 3.12. The summed E-state index contributed by atoms with van der Waals surface area (Å²) < 4.78 is 0. The summed E-state index contributed by atoms with van der Waals surface area (Å²) in [5.41, 5.74) is 1.78. The minimum atomic E-state index is 0.255. The van der Waals surface area contributed by atoms with Crippen molar-refractivity contribution < 1.29 is 9.59 Å². The summed E-state index contributed by atoms with van der Waals surface area (Å²) in [5.74, 6) is 0. The molecule has 1 rings (SSSR count). The summed E-state index contributed by atoms with van der Waals surface area (Å²) in [4.78, 5) is 20.7. The molecule has 0 aliphatic heterocycles. The molecule has 68 valence electrons. The lowest BCUT2D eigenvalue weighted by molar-refractivity contribution is 0.565. The van der Waals surface area contributed by atoms with Crippen LogP contribution in [0.3, 0.4) is 0 Å². The molecule has 0 heterocycles. The largest absolute Gasteiger partial charge is 0.285 e. The van der Waals surface area contributed by atoms with Crippen LogP contribution >= 0.6 is 0 Å². The minimum absolute atomic E-state index is 0.255. The van der Waals surface area contributed by atoms with Crippen molar-refractivity contribution in [1.82, 2.24) is 0 Å². The van der Waals surface area contributed by atoms with Crippen LogP contribution in [0.4, 0.5) is 0 Å². The molecule has 2 nitrogen and oxygen atoms in total. The molecule has 0 amide bonds. The monoisotopic (exact) mass is 184 g/mol. The van der Waals surface area contributed by atoms with E-state index in [1.165, 1.54) is 0 Å². The van der Waals surface area contributed by atoms with Gasteiger partial charge in [-0.15, -0.1) is 0 Å². The molecule has 0 saturated carbocycles. The van der Waals surface area contributed by atoms with E-state index in [1.807, 2.05) is 0 Å². The highest BCUT2D eigenvalue weighted by Crippen LogP contribution is 2.16. The Bertz CT molecular complexity index is 367. The fourth-order valence-corrected chi connectivity index (χ4v) is 1.01. The van der Waals surface area contributed by atoms with E-state index in [9.17, 15) is 9.59 Å². The number of carbonyl (C=O) groups excluding carboxylic acids is 2. The molecule has 0 unspecified atom stereocenters. The van der Waals surface area contributed by atoms with Gasteiger partial charge in [0.2, 0.25) is 12.6 Å². The van der Waals surface area contributed by atoms with Gasteiger partial charge in [0.15, 0.2) is 0 Å². The van der Waals surface area contributed by atoms with Gasteiger partial charge in [-0.05, 0) is 17.2 Å². The van der Waals surface area contributed by atoms with Crippen LogP contribution in [-0.2, 0) is 9.59 Å². The molecule has 0 atom stereocenters. The van der Waals surface area contributed by atoms with Crippen molar-refractivity contribution in [3.63, 3.8) is 0 Å². The van der Waals surface area contributed by atoms with Crippen molar-refractivity contribution in [2.75, 3.05) is 0 Å². The second-order valence-corrected chi connectivity index (χ2v) is 2.74. The van der Waals surface area contributed by atoms with Gasteiger partial charge in [-0.1, -0.05) is 31.4 Å². The number of hydrogen-bond donors (Lipinski definition) is 0. The summed E-state index contributed by atoms with van der Waals surface area (Å²) in [6.45, 7) is 7.04. The first-order chi connectivity index (χ1) is 6.69. The molecule has 1 aromatic carbocycles. The van der Waals surface area contributed by atoms with Crippen LogP contribution in [0.25, 0.3) is 11.1 Å². The van der Waals surface area contributed by atoms with Gasteiger partial charge in [-0.25, -0.2) is 0 Å². The molecule has 2 heteroatoms. The summed E-state index contributed by atoms with van der Waals surface area (Å²) in [6.07, 6.45) is 3.39. The first kappa shape index (κ1) is 10.1. The third-order valence-electron chi connectivity index (χ3n) is 1.81. The third kappa shape index (κ3) is 2.04. The van der Waals surface area contributed by atoms with Crippen molar-refractivity contribution in [2.45, 2.75) is 0 Å². The van der Waals surface area contributed by atoms with Gasteiger partial charge in [0.25, 0.3) is 0 Å². The predicted octanol–water partition coefficient (Wildman–Crippen LogP) is 1.93. The lowest BCUT2D eigenvalue weighted by atomic mass is 10.0. The van der Waals surface area contributed by atoms with E-state index in [-0.39, 0.29) is 11.1 Å². The van der Waals surface area contributed by atoms with Crippen LogP contribution in [0.5, 0.6) is 0 Å². The van der Waals surface area contributed by atoms with Crippen LogP contribution in [0.15, 0.2) is 37.4 Å². The van der Waals surface area contributed by atoms with Gasteiger partial charge in [-0.3, -0.25) is 9.59 Å². The molecule has 0 fully saturated rings. The van der Waals surface area contributed by atoms with E-state index in [1.54, 1.807) is 36.8 Å². The molecule has 0 saturated heterocycles. The Labute approximate surface area is 82.6 Å². The van der Waals surface area contributed by atoms with Crippen LogP contribution in [0.1, 0.15) is 11.1 Å². The van der Waals surface area contributed by atoms with E-state index in [4.69, 9.17) is 0 Å². The zero-order chi connectivity index (χ0) is 10.6. The summed E-state index contributed by atoms with van der Waals surface area (Å²) in [7, 11) is 0. The van der Waals surface area contributed by atoms with E-state index in [2.05, 4.69) is 13.2 Å². The smallest absolute Gasteiger partial charge is 0.233 e. The van der Waals surface area contributed by atoms with Gasteiger partial charge in [-0.2, -0.15) is 0 Å². The van der Waals surface area contributed by atoms with E-state index < -0.39 is 0 Å². The minimum Gasteiger partial charge on any atom is -0.285 e. The Hall–Kier alpha value is -1.96. The van der Waals surface area contributed by atoms with Crippen LogP contribution in [0, 0.1) is 0 Å². The molecule has 0 spiro atoms. The van der Waals surface area contributed by atoms with Crippen molar-refractivity contribution >= 4 is 23.7 Å². The third-order valence-corrected chi connectivity index (χ3v) is 1.81. The lowest BCUT2D eigenvalue weighted by Gasteiger charge is -2.01. The van der Waals surface area contributed by atoms with Gasteiger partial charge < -0.3 is 0 Å². The molecule has 0 N–H and O–H groups in total. The van der Waals surface area contributed by atoms with Crippen molar-refractivity contribution in [1.29, 1.82) is 0 Å². The van der Waals surface area contributed by atoms with Gasteiger partial charge in [0.1, 0.15) is 0 Å². The van der Waals surface area contributed by atoms with Crippen molar-refractivity contribution in [2.24, 2.45) is 0 Å². The Morgan fingerprint density at radius 1 is 1.00 bits per heavy atom. The molecular formula is C12H8O2. The summed E-state index contributed by atoms with van der Waals surface area (Å²) in [6, 6.07) is 6.81. The zero-order valence-electron chi connectivity index (χ0n) is 7.54. The predicted molar refractivity (Wildman–Crippen MR) is 55.9 cm³/mol. The van der Waals surface area contributed by atoms with E-state index >= 15 is 0 Å². The topological polar surface area (TPSA) is 34.1 Å². The van der Waals surface area contributed by atoms with Crippen LogP contribution in [-0.4, -0.2) is 12.6 Å². The molecule has 0 aliphatic carbocycles. The van der Waals surface area contributed by atoms with Crippen molar-refractivity contribution in [3.05, 3.63) is 48.6 Å². The second kappa shape index (κ2) is 4.33. The first-order valence-corrected chi connectivity index (χ1v) is 3.94. The van der Waals surface area contributed by atoms with Gasteiger partial charge >= 0.3 is 0 Å². The molecule has 14 heavy (non-hydrogen) atoms. The van der Waals surface area contributed by atoms with Gasteiger partial charge in [0, 0.05) is 11.1 Å². The van der Waals surface area contributed by atoms with Crippen LogP contribution < -0.4 is 0 Å². The molecular weight excluding hydrogens is 176 g/mol. The molecule has 0 bridgehead atoms. The highest BCUT2D eigenvalue weighted by atomic mass is 16.1. The Kier molecular flexibility index (Phi) is 3.13. The molecule has 2 radical (unpaired) electrons. The first-order valence-electron chi connectivity index (χ1n) is 3.94. The maximum absolute atomic E-state index is 10.3. The number of allylic oxidation sites excluding steroid dienone is 2. The quantitative estimate of drug-likeness (QED) is 0.670. The second-order valence-electron chi connectivity index (χ2n) is 2.74.